The van der Waals surface area contributed by atoms with Gasteiger partial charge in [-0.15, -0.1) is 0 Å². The number of rotatable bonds is 13. The van der Waals surface area contributed by atoms with E-state index in [9.17, 15) is 9.90 Å². The molecule has 0 aliphatic carbocycles. The van der Waals surface area contributed by atoms with Crippen molar-refractivity contribution >= 4 is 5.97 Å². The molecule has 5 atom stereocenters. The maximum atomic E-state index is 10.5. The SMILES string of the molecule is COc1ccc(COC[C@H](O)[C@H](C)/C=C/[C@@H](C)C[C@@H](C)C[C@@H](C)CC#CC(=O)O)cc1. The largest absolute Gasteiger partial charge is 0.497 e. The summed E-state index contributed by atoms with van der Waals surface area (Å²) in [5, 5.41) is 18.9. The van der Waals surface area contributed by atoms with Crippen molar-refractivity contribution in [2.24, 2.45) is 23.7 Å². The smallest absolute Gasteiger partial charge is 0.381 e. The second-order valence-electron chi connectivity index (χ2n) is 8.64. The van der Waals surface area contributed by atoms with Crippen LogP contribution in [0.2, 0.25) is 0 Å². The number of allylic oxidation sites excluding steroid dienone is 1. The monoisotopic (exact) mass is 430 g/mol. The lowest BCUT2D eigenvalue weighted by Crippen LogP contribution is -2.22. The van der Waals surface area contributed by atoms with Gasteiger partial charge in [0.1, 0.15) is 5.75 Å². The van der Waals surface area contributed by atoms with Crippen LogP contribution in [0.1, 0.15) is 52.5 Å². The maximum Gasteiger partial charge on any atom is 0.381 e. The fourth-order valence-corrected chi connectivity index (χ4v) is 3.54. The van der Waals surface area contributed by atoms with E-state index in [1.165, 1.54) is 0 Å². The zero-order valence-corrected chi connectivity index (χ0v) is 19.5. The highest BCUT2D eigenvalue weighted by atomic mass is 16.5. The molecule has 2 N–H and O–H groups in total. The molecule has 0 radical (unpaired) electrons. The van der Waals surface area contributed by atoms with Crippen molar-refractivity contribution < 1.29 is 24.5 Å². The van der Waals surface area contributed by atoms with E-state index in [1.54, 1.807) is 7.11 Å². The van der Waals surface area contributed by atoms with Crippen molar-refractivity contribution in [3.05, 3.63) is 42.0 Å². The highest BCUT2D eigenvalue weighted by molar-refractivity contribution is 5.86. The molecule has 0 saturated heterocycles. The van der Waals surface area contributed by atoms with Gasteiger partial charge in [-0.1, -0.05) is 57.9 Å². The summed E-state index contributed by atoms with van der Waals surface area (Å²) in [6.07, 6.45) is 6.37. The minimum atomic E-state index is -1.07. The summed E-state index contributed by atoms with van der Waals surface area (Å²) in [7, 11) is 1.64. The number of benzene rings is 1. The van der Waals surface area contributed by atoms with Gasteiger partial charge in [0.25, 0.3) is 0 Å². The van der Waals surface area contributed by atoms with E-state index in [4.69, 9.17) is 14.6 Å². The van der Waals surface area contributed by atoms with Crippen LogP contribution in [0.5, 0.6) is 5.75 Å². The van der Waals surface area contributed by atoms with E-state index in [1.807, 2.05) is 31.2 Å². The van der Waals surface area contributed by atoms with Crippen molar-refractivity contribution in [2.45, 2.75) is 59.7 Å². The van der Waals surface area contributed by atoms with E-state index in [2.05, 4.69) is 44.8 Å². The van der Waals surface area contributed by atoms with Crippen molar-refractivity contribution in [3.8, 4) is 17.6 Å². The van der Waals surface area contributed by atoms with Gasteiger partial charge < -0.3 is 19.7 Å². The number of ether oxygens (including phenoxy) is 2. The van der Waals surface area contributed by atoms with Gasteiger partial charge in [-0.25, -0.2) is 4.79 Å². The molecule has 1 rings (SSSR count). The Bertz CT molecular complexity index is 728. The summed E-state index contributed by atoms with van der Waals surface area (Å²) >= 11 is 0. The Hall–Kier alpha value is -2.29. The van der Waals surface area contributed by atoms with E-state index in [-0.39, 0.29) is 12.5 Å². The maximum absolute atomic E-state index is 10.5. The molecule has 0 saturated carbocycles. The van der Waals surface area contributed by atoms with Crippen molar-refractivity contribution in [1.82, 2.24) is 0 Å². The second-order valence-corrected chi connectivity index (χ2v) is 8.64. The molecule has 1 aromatic rings. The Balaban J connectivity index is 2.31. The van der Waals surface area contributed by atoms with Crippen LogP contribution in [-0.4, -0.2) is 36.0 Å². The number of carboxylic acid groups (broad SMARTS) is 1. The molecule has 0 aliphatic heterocycles. The van der Waals surface area contributed by atoms with Crippen LogP contribution in [0.15, 0.2) is 36.4 Å². The summed E-state index contributed by atoms with van der Waals surface area (Å²) in [6.45, 7) is 9.25. The summed E-state index contributed by atoms with van der Waals surface area (Å²) < 4.78 is 10.8. The number of aliphatic carboxylic acids is 1. The third kappa shape index (κ3) is 12.2. The molecule has 0 fully saturated rings. The van der Waals surface area contributed by atoms with Gasteiger partial charge in [-0.05, 0) is 48.3 Å². The normalized spacial score (nSPS) is 16.1. The number of methoxy groups -OCH3 is 1. The Morgan fingerprint density at radius 2 is 1.74 bits per heavy atom. The van der Waals surface area contributed by atoms with Gasteiger partial charge in [-0.2, -0.15) is 0 Å². The molecule has 0 spiro atoms. The molecule has 0 aromatic heterocycles. The molecule has 172 valence electrons. The zero-order chi connectivity index (χ0) is 23.2. The Morgan fingerprint density at radius 3 is 2.35 bits per heavy atom. The number of hydrogen-bond acceptors (Lipinski definition) is 4. The van der Waals surface area contributed by atoms with Crippen LogP contribution in [0.3, 0.4) is 0 Å². The molecule has 0 amide bonds. The van der Waals surface area contributed by atoms with Crippen molar-refractivity contribution in [2.75, 3.05) is 13.7 Å². The van der Waals surface area contributed by atoms with Crippen molar-refractivity contribution in [1.29, 1.82) is 0 Å². The first-order valence-electron chi connectivity index (χ1n) is 11.0. The number of hydrogen-bond donors (Lipinski definition) is 2. The van der Waals surface area contributed by atoms with Crippen LogP contribution in [-0.2, 0) is 16.1 Å². The van der Waals surface area contributed by atoms with Crippen LogP contribution in [0, 0.1) is 35.5 Å². The lowest BCUT2D eigenvalue weighted by molar-refractivity contribution is -0.130. The van der Waals surface area contributed by atoms with Gasteiger partial charge in [0.05, 0.1) is 26.4 Å². The fraction of sp³-hybridized carbons (Fsp3) is 0.577. The van der Waals surface area contributed by atoms with E-state index < -0.39 is 12.1 Å². The highest BCUT2D eigenvalue weighted by Crippen LogP contribution is 2.22. The molecule has 31 heavy (non-hydrogen) atoms. The third-order valence-electron chi connectivity index (χ3n) is 5.29. The minimum Gasteiger partial charge on any atom is -0.497 e. The summed E-state index contributed by atoms with van der Waals surface area (Å²) in [4.78, 5) is 10.5. The highest BCUT2D eigenvalue weighted by Gasteiger charge is 2.14. The van der Waals surface area contributed by atoms with Gasteiger partial charge in [0, 0.05) is 18.3 Å². The zero-order valence-electron chi connectivity index (χ0n) is 19.5. The van der Waals surface area contributed by atoms with Gasteiger partial charge in [-0.3, -0.25) is 0 Å². The standard InChI is InChI=1S/C26H38O5/c1-19(7-6-8-26(28)29)15-21(3)16-20(2)9-10-22(4)25(27)18-31-17-23-11-13-24(30-5)14-12-23/h9-14,19-22,25,27H,7,15-18H2,1-5H3,(H,28,29)/b10-9+/t19-,20+,21-,22+,25-/m0/s1. The Kier molecular flexibility index (Phi) is 12.7. The predicted octanol–water partition coefficient (Wildman–Crippen LogP) is 4.93. The van der Waals surface area contributed by atoms with Crippen LogP contribution in [0.25, 0.3) is 0 Å². The number of aliphatic hydroxyl groups excluding tert-OH is 1. The van der Waals surface area contributed by atoms with Gasteiger partial charge in [0.15, 0.2) is 0 Å². The van der Waals surface area contributed by atoms with Gasteiger partial charge in [0.2, 0.25) is 0 Å². The quantitative estimate of drug-likeness (QED) is 0.343. The Morgan fingerprint density at radius 1 is 1.06 bits per heavy atom. The lowest BCUT2D eigenvalue weighted by atomic mass is 9.88. The number of aliphatic hydroxyl groups is 1. The topological polar surface area (TPSA) is 76.0 Å². The molecule has 0 heterocycles. The van der Waals surface area contributed by atoms with Crippen molar-refractivity contribution in [3.63, 3.8) is 0 Å². The molecule has 5 nitrogen and oxygen atoms in total. The minimum absolute atomic E-state index is 0.0128. The molecular weight excluding hydrogens is 392 g/mol. The molecule has 1 aromatic carbocycles. The van der Waals surface area contributed by atoms with E-state index in [0.29, 0.717) is 30.8 Å². The van der Waals surface area contributed by atoms with E-state index in [0.717, 1.165) is 24.2 Å². The molecule has 0 bridgehead atoms. The number of carbonyl (C=O) groups is 1. The number of carboxylic acids is 1. The average Bonchev–Trinajstić information content (AvgIpc) is 2.71. The first-order valence-corrected chi connectivity index (χ1v) is 11.0. The first-order chi connectivity index (χ1) is 14.7. The molecule has 0 aliphatic rings. The fourth-order valence-electron chi connectivity index (χ4n) is 3.54. The third-order valence-corrected chi connectivity index (χ3v) is 5.29. The van der Waals surface area contributed by atoms with Crippen LogP contribution in [0.4, 0.5) is 0 Å². The first kappa shape index (κ1) is 26.7. The lowest BCUT2D eigenvalue weighted by Gasteiger charge is -2.19. The average molecular weight is 431 g/mol. The summed E-state index contributed by atoms with van der Waals surface area (Å²) in [5.74, 6) is 5.96. The molecule has 0 unspecified atom stereocenters. The molecule has 5 heteroatoms. The van der Waals surface area contributed by atoms with Crippen LogP contribution >= 0.6 is 0 Å². The Labute approximate surface area is 187 Å². The summed E-state index contributed by atoms with van der Waals surface area (Å²) in [5.41, 5.74) is 1.04. The van der Waals surface area contributed by atoms with Crippen LogP contribution < -0.4 is 4.74 Å². The van der Waals surface area contributed by atoms with Gasteiger partial charge >= 0.3 is 5.97 Å². The second kappa shape index (κ2) is 14.7. The van der Waals surface area contributed by atoms with E-state index >= 15 is 0 Å². The predicted molar refractivity (Wildman–Crippen MR) is 124 cm³/mol. The molecular formula is C26H38O5. The summed E-state index contributed by atoms with van der Waals surface area (Å²) in [6, 6.07) is 7.70.